The van der Waals surface area contributed by atoms with Gasteiger partial charge >= 0.3 is 0 Å². The standard InChI is InChI=1S/C24H28N4O3/c1-27(13-5-9-20-17-21(26-25-20)18-7-3-2-4-8-18)23(29)19-11-14-28(15-12-19)24(30)22-10-6-16-31-22/h2-4,6-8,10,16-17,19H,5,9,11-15H2,1H3,(H,25,26). The average Bonchev–Trinajstić information content (AvgIpc) is 3.51. The summed E-state index contributed by atoms with van der Waals surface area (Å²) >= 11 is 0. The summed E-state index contributed by atoms with van der Waals surface area (Å²) in [5.41, 5.74) is 3.11. The lowest BCUT2D eigenvalue weighted by Crippen LogP contribution is -2.43. The van der Waals surface area contributed by atoms with E-state index in [1.165, 1.54) is 6.26 Å². The van der Waals surface area contributed by atoms with E-state index in [0.717, 1.165) is 29.8 Å². The summed E-state index contributed by atoms with van der Waals surface area (Å²) in [6.45, 7) is 1.87. The monoisotopic (exact) mass is 420 g/mol. The SMILES string of the molecule is CN(CCCc1cc(-c2ccccc2)n[nH]1)C(=O)C1CCN(C(=O)c2ccco2)CC1. The van der Waals surface area contributed by atoms with Gasteiger partial charge in [0.15, 0.2) is 5.76 Å². The van der Waals surface area contributed by atoms with Crippen LogP contribution in [0.2, 0.25) is 0 Å². The number of piperidine rings is 1. The van der Waals surface area contributed by atoms with Crippen LogP contribution in [0.25, 0.3) is 11.3 Å². The van der Waals surface area contributed by atoms with E-state index in [-0.39, 0.29) is 17.7 Å². The zero-order valence-electron chi connectivity index (χ0n) is 17.8. The molecule has 1 fully saturated rings. The summed E-state index contributed by atoms with van der Waals surface area (Å²) in [7, 11) is 1.87. The van der Waals surface area contributed by atoms with Crippen molar-refractivity contribution in [3.63, 3.8) is 0 Å². The third kappa shape index (κ3) is 5.05. The Morgan fingerprint density at radius 3 is 2.65 bits per heavy atom. The number of hydrogen-bond donors (Lipinski definition) is 1. The predicted molar refractivity (Wildman–Crippen MR) is 117 cm³/mol. The number of aryl methyl sites for hydroxylation is 1. The maximum absolute atomic E-state index is 12.8. The molecule has 3 heterocycles. The van der Waals surface area contributed by atoms with Crippen molar-refractivity contribution in [1.82, 2.24) is 20.0 Å². The highest BCUT2D eigenvalue weighted by Gasteiger charge is 2.30. The molecule has 2 aromatic heterocycles. The van der Waals surface area contributed by atoms with Crippen molar-refractivity contribution < 1.29 is 14.0 Å². The van der Waals surface area contributed by atoms with Crippen LogP contribution in [0.4, 0.5) is 0 Å². The number of hydrogen-bond acceptors (Lipinski definition) is 4. The third-order valence-corrected chi connectivity index (χ3v) is 5.88. The van der Waals surface area contributed by atoms with Gasteiger partial charge in [0.2, 0.25) is 5.91 Å². The fourth-order valence-electron chi connectivity index (χ4n) is 4.06. The number of benzene rings is 1. The molecule has 1 N–H and O–H groups in total. The van der Waals surface area contributed by atoms with Crippen molar-refractivity contribution in [2.45, 2.75) is 25.7 Å². The molecule has 162 valence electrons. The summed E-state index contributed by atoms with van der Waals surface area (Å²) in [6, 6.07) is 15.5. The minimum Gasteiger partial charge on any atom is -0.459 e. The third-order valence-electron chi connectivity index (χ3n) is 5.88. The number of H-pyrrole nitrogens is 1. The quantitative estimate of drug-likeness (QED) is 0.633. The van der Waals surface area contributed by atoms with Crippen LogP contribution < -0.4 is 0 Å². The lowest BCUT2D eigenvalue weighted by molar-refractivity contribution is -0.135. The largest absolute Gasteiger partial charge is 0.459 e. The van der Waals surface area contributed by atoms with E-state index < -0.39 is 0 Å². The molecule has 0 spiro atoms. The number of amides is 2. The number of carbonyl (C=O) groups excluding carboxylic acids is 2. The number of aromatic nitrogens is 2. The maximum Gasteiger partial charge on any atom is 0.289 e. The van der Waals surface area contributed by atoms with Gasteiger partial charge in [0, 0.05) is 43.9 Å². The topological polar surface area (TPSA) is 82.4 Å². The van der Waals surface area contributed by atoms with Crippen LogP contribution in [0.15, 0.2) is 59.2 Å². The Bertz CT molecular complexity index is 989. The minimum atomic E-state index is -0.0984. The number of carbonyl (C=O) groups is 2. The first kappa shape index (κ1) is 20.9. The van der Waals surface area contributed by atoms with Crippen LogP contribution in [0.5, 0.6) is 0 Å². The minimum absolute atomic E-state index is 0.0255. The molecule has 7 nitrogen and oxygen atoms in total. The number of aromatic amines is 1. The van der Waals surface area contributed by atoms with Crippen molar-refractivity contribution in [2.24, 2.45) is 5.92 Å². The fourth-order valence-corrected chi connectivity index (χ4v) is 4.06. The second kappa shape index (κ2) is 9.64. The van der Waals surface area contributed by atoms with Gasteiger partial charge in [0.25, 0.3) is 5.91 Å². The molecule has 1 saturated heterocycles. The number of nitrogens with zero attached hydrogens (tertiary/aromatic N) is 3. The van der Waals surface area contributed by atoms with Gasteiger partial charge in [-0.3, -0.25) is 14.7 Å². The summed E-state index contributed by atoms with van der Waals surface area (Å²) in [4.78, 5) is 28.8. The normalized spacial score (nSPS) is 14.5. The number of rotatable bonds is 7. The van der Waals surface area contributed by atoms with E-state index in [1.54, 1.807) is 17.0 Å². The molecule has 2 amide bonds. The van der Waals surface area contributed by atoms with Gasteiger partial charge in [0.05, 0.1) is 12.0 Å². The van der Waals surface area contributed by atoms with Gasteiger partial charge in [-0.05, 0) is 43.9 Å². The molecule has 1 aliphatic rings. The number of furan rings is 1. The molecule has 3 aromatic rings. The van der Waals surface area contributed by atoms with Gasteiger partial charge in [-0.15, -0.1) is 0 Å². The summed E-state index contributed by atoms with van der Waals surface area (Å²) in [5, 5.41) is 7.49. The Labute approximate surface area is 182 Å². The van der Waals surface area contributed by atoms with Crippen LogP contribution in [0.1, 0.15) is 35.5 Å². The second-order valence-electron chi connectivity index (χ2n) is 8.05. The van der Waals surface area contributed by atoms with Crippen molar-refractivity contribution in [1.29, 1.82) is 0 Å². The summed E-state index contributed by atoms with van der Waals surface area (Å²) in [6.07, 6.45) is 4.60. The first-order chi connectivity index (χ1) is 15.1. The molecule has 31 heavy (non-hydrogen) atoms. The van der Waals surface area contributed by atoms with E-state index >= 15 is 0 Å². The van der Waals surface area contributed by atoms with Crippen molar-refractivity contribution in [3.8, 4) is 11.3 Å². The zero-order valence-corrected chi connectivity index (χ0v) is 17.8. The summed E-state index contributed by atoms with van der Waals surface area (Å²) < 4.78 is 5.20. The van der Waals surface area contributed by atoms with Gasteiger partial charge in [-0.1, -0.05) is 30.3 Å². The highest BCUT2D eigenvalue weighted by atomic mass is 16.3. The smallest absolute Gasteiger partial charge is 0.289 e. The van der Waals surface area contributed by atoms with E-state index in [9.17, 15) is 9.59 Å². The molecule has 0 saturated carbocycles. The first-order valence-corrected chi connectivity index (χ1v) is 10.8. The van der Waals surface area contributed by atoms with Gasteiger partial charge in [-0.25, -0.2) is 0 Å². The molecule has 0 aliphatic carbocycles. The lowest BCUT2D eigenvalue weighted by Gasteiger charge is -2.32. The van der Waals surface area contributed by atoms with Crippen molar-refractivity contribution >= 4 is 11.8 Å². The van der Waals surface area contributed by atoms with Gasteiger partial charge < -0.3 is 14.2 Å². The van der Waals surface area contributed by atoms with Crippen molar-refractivity contribution in [2.75, 3.05) is 26.7 Å². The Balaban J connectivity index is 1.21. The van der Waals surface area contributed by atoms with E-state index in [1.807, 2.05) is 42.3 Å². The van der Waals surface area contributed by atoms with Gasteiger partial charge in [-0.2, -0.15) is 5.10 Å². The first-order valence-electron chi connectivity index (χ1n) is 10.8. The second-order valence-corrected chi connectivity index (χ2v) is 8.05. The molecule has 0 bridgehead atoms. The molecule has 0 atom stereocenters. The van der Waals surface area contributed by atoms with E-state index in [2.05, 4.69) is 16.3 Å². The molecule has 1 aromatic carbocycles. The molecule has 0 unspecified atom stereocenters. The Hall–Kier alpha value is -3.35. The van der Waals surface area contributed by atoms with Crippen LogP contribution in [-0.4, -0.2) is 58.5 Å². The Kier molecular flexibility index (Phi) is 6.50. The lowest BCUT2D eigenvalue weighted by atomic mass is 9.95. The van der Waals surface area contributed by atoms with Gasteiger partial charge in [0.1, 0.15) is 0 Å². The fraction of sp³-hybridized carbons (Fsp3) is 0.375. The van der Waals surface area contributed by atoms with Crippen LogP contribution in [0.3, 0.4) is 0 Å². The van der Waals surface area contributed by atoms with Crippen LogP contribution in [0, 0.1) is 5.92 Å². The molecular formula is C24H28N4O3. The number of likely N-dealkylation sites (tertiary alicyclic amines) is 1. The van der Waals surface area contributed by atoms with Crippen molar-refractivity contribution in [3.05, 3.63) is 66.2 Å². The molecule has 1 aliphatic heterocycles. The van der Waals surface area contributed by atoms with Crippen LogP contribution in [-0.2, 0) is 11.2 Å². The summed E-state index contributed by atoms with van der Waals surface area (Å²) in [5.74, 6) is 0.400. The highest BCUT2D eigenvalue weighted by Crippen LogP contribution is 2.22. The molecule has 0 radical (unpaired) electrons. The molecule has 4 rings (SSSR count). The Morgan fingerprint density at radius 2 is 1.94 bits per heavy atom. The Morgan fingerprint density at radius 1 is 1.16 bits per heavy atom. The predicted octanol–water partition coefficient (Wildman–Crippen LogP) is 3.61. The molecule has 7 heteroatoms. The number of nitrogens with one attached hydrogen (secondary N) is 1. The zero-order chi connectivity index (χ0) is 21.6. The van der Waals surface area contributed by atoms with E-state index in [4.69, 9.17) is 4.42 Å². The maximum atomic E-state index is 12.8. The van der Waals surface area contributed by atoms with Crippen LogP contribution >= 0.6 is 0 Å². The molecular weight excluding hydrogens is 392 g/mol. The highest BCUT2D eigenvalue weighted by molar-refractivity contribution is 5.91. The van der Waals surface area contributed by atoms with E-state index in [0.29, 0.717) is 38.2 Å². The average molecular weight is 421 g/mol.